The number of furan rings is 1. The number of hydrogen-bond donors (Lipinski definition) is 0. The molecule has 0 fully saturated rings. The van der Waals surface area contributed by atoms with E-state index in [9.17, 15) is 0 Å². The van der Waals surface area contributed by atoms with Gasteiger partial charge in [-0.1, -0.05) is 121 Å². The van der Waals surface area contributed by atoms with E-state index in [0.29, 0.717) is 0 Å². The number of anilines is 3. The molecule has 0 atom stereocenters. The van der Waals surface area contributed by atoms with Gasteiger partial charge in [0.15, 0.2) is 0 Å². The summed E-state index contributed by atoms with van der Waals surface area (Å²) in [6, 6.07) is 51.8. The molecule has 2 nitrogen and oxygen atoms in total. The molecule has 1 aromatic heterocycles. The number of nitrogens with zero attached hydrogens (tertiary/aromatic N) is 1. The number of rotatable bonds is 6. The zero-order chi connectivity index (χ0) is 29.3. The Kier molecular flexibility index (Phi) is 6.66. The van der Waals surface area contributed by atoms with Gasteiger partial charge in [-0.2, -0.15) is 0 Å². The summed E-state index contributed by atoms with van der Waals surface area (Å²) in [5.41, 5.74) is 12.4. The zero-order valence-electron chi connectivity index (χ0n) is 24.4. The number of fused-ring (bicyclic) bond motifs is 3. The highest BCUT2D eigenvalue weighted by molar-refractivity contribution is 6.09. The second-order valence-corrected chi connectivity index (χ2v) is 11.3. The van der Waals surface area contributed by atoms with Gasteiger partial charge < -0.3 is 9.32 Å². The Morgan fingerprint density at radius 3 is 1.75 bits per heavy atom. The van der Waals surface area contributed by atoms with Crippen molar-refractivity contribution in [2.45, 2.75) is 12.8 Å². The molecule has 0 saturated heterocycles. The molecule has 6 aromatic carbocycles. The molecule has 1 heterocycles. The van der Waals surface area contributed by atoms with Gasteiger partial charge in [0.25, 0.3) is 0 Å². The van der Waals surface area contributed by atoms with E-state index >= 15 is 0 Å². The van der Waals surface area contributed by atoms with E-state index < -0.39 is 0 Å². The molecule has 0 bridgehead atoms. The van der Waals surface area contributed by atoms with Crippen LogP contribution in [0.25, 0.3) is 49.8 Å². The fraction of sp³-hybridized carbons (Fsp3) is 0.0476. The van der Waals surface area contributed by atoms with E-state index in [4.69, 9.17) is 4.42 Å². The molecule has 0 radical (unpaired) electrons. The zero-order valence-corrected chi connectivity index (χ0v) is 24.4. The highest BCUT2D eigenvalue weighted by Crippen LogP contribution is 2.39. The molecular weight excluding hydrogens is 534 g/mol. The highest BCUT2D eigenvalue weighted by Gasteiger charge is 2.15. The van der Waals surface area contributed by atoms with Crippen molar-refractivity contribution in [3.8, 4) is 22.3 Å². The largest absolute Gasteiger partial charge is 0.455 e. The quantitative estimate of drug-likeness (QED) is 0.199. The molecular formula is C42H31NO. The van der Waals surface area contributed by atoms with Gasteiger partial charge in [0, 0.05) is 33.4 Å². The Bertz CT molecular complexity index is 2130. The summed E-state index contributed by atoms with van der Waals surface area (Å²) in [4.78, 5) is 2.31. The van der Waals surface area contributed by atoms with Crippen molar-refractivity contribution in [2.75, 3.05) is 4.90 Å². The molecule has 0 saturated carbocycles. The molecule has 1 aliphatic carbocycles. The van der Waals surface area contributed by atoms with Crippen molar-refractivity contribution >= 4 is 44.6 Å². The van der Waals surface area contributed by atoms with Crippen molar-refractivity contribution in [1.29, 1.82) is 0 Å². The maximum atomic E-state index is 6.32. The van der Waals surface area contributed by atoms with Crippen molar-refractivity contribution in [3.63, 3.8) is 0 Å². The lowest BCUT2D eigenvalue weighted by Gasteiger charge is -2.26. The van der Waals surface area contributed by atoms with Gasteiger partial charge in [0.2, 0.25) is 0 Å². The lowest BCUT2D eigenvalue weighted by atomic mass is 9.97. The van der Waals surface area contributed by atoms with Gasteiger partial charge in [0.1, 0.15) is 11.2 Å². The number of allylic oxidation sites excluding steroid dienone is 4. The van der Waals surface area contributed by atoms with Crippen LogP contribution in [0.4, 0.5) is 17.1 Å². The summed E-state index contributed by atoms with van der Waals surface area (Å²) < 4.78 is 6.32. The fourth-order valence-corrected chi connectivity index (χ4v) is 6.27. The monoisotopic (exact) mass is 565 g/mol. The molecule has 0 spiro atoms. The molecule has 0 amide bonds. The third kappa shape index (κ3) is 4.81. The Morgan fingerprint density at radius 1 is 0.455 bits per heavy atom. The first-order valence-corrected chi connectivity index (χ1v) is 15.3. The molecule has 44 heavy (non-hydrogen) atoms. The molecule has 210 valence electrons. The molecule has 8 rings (SSSR count). The van der Waals surface area contributed by atoms with Crippen LogP contribution in [-0.4, -0.2) is 0 Å². The normalized spacial score (nSPS) is 12.9. The second-order valence-electron chi connectivity index (χ2n) is 11.3. The minimum absolute atomic E-state index is 0.917. The van der Waals surface area contributed by atoms with Crippen LogP contribution in [0.1, 0.15) is 18.4 Å². The lowest BCUT2D eigenvalue weighted by molar-refractivity contribution is 0.670. The predicted octanol–water partition coefficient (Wildman–Crippen LogP) is 12.1. The van der Waals surface area contributed by atoms with Crippen LogP contribution >= 0.6 is 0 Å². The van der Waals surface area contributed by atoms with E-state index in [1.54, 1.807) is 0 Å². The summed E-state index contributed by atoms with van der Waals surface area (Å²) in [5.74, 6) is 0. The molecule has 0 aliphatic heterocycles. The van der Waals surface area contributed by atoms with Gasteiger partial charge >= 0.3 is 0 Å². The summed E-state index contributed by atoms with van der Waals surface area (Å²) >= 11 is 0. The Labute approximate surface area is 257 Å². The van der Waals surface area contributed by atoms with E-state index in [1.807, 2.05) is 12.1 Å². The summed E-state index contributed by atoms with van der Waals surface area (Å²) in [6.45, 7) is 0. The smallest absolute Gasteiger partial charge is 0.143 e. The minimum Gasteiger partial charge on any atom is -0.455 e. The Hall–Kier alpha value is -5.60. The average molecular weight is 566 g/mol. The van der Waals surface area contributed by atoms with Crippen molar-refractivity contribution in [2.24, 2.45) is 0 Å². The Balaban J connectivity index is 1.12. The van der Waals surface area contributed by atoms with Crippen LogP contribution in [0, 0.1) is 0 Å². The number of hydrogen-bond acceptors (Lipinski definition) is 2. The van der Waals surface area contributed by atoms with Gasteiger partial charge in [-0.15, -0.1) is 0 Å². The van der Waals surface area contributed by atoms with E-state index in [-0.39, 0.29) is 0 Å². The third-order valence-corrected chi connectivity index (χ3v) is 8.53. The van der Waals surface area contributed by atoms with Crippen LogP contribution in [0.15, 0.2) is 168 Å². The molecule has 0 N–H and O–H groups in total. The molecule has 7 aromatic rings. The van der Waals surface area contributed by atoms with Gasteiger partial charge in [-0.25, -0.2) is 0 Å². The molecule has 1 aliphatic rings. The van der Waals surface area contributed by atoms with Gasteiger partial charge in [-0.3, -0.25) is 0 Å². The summed E-state index contributed by atoms with van der Waals surface area (Å²) in [6.07, 6.45) is 9.07. The fourth-order valence-electron chi connectivity index (χ4n) is 6.27. The first-order valence-electron chi connectivity index (χ1n) is 15.3. The van der Waals surface area contributed by atoms with E-state index in [1.165, 1.54) is 22.3 Å². The SMILES string of the molecule is C1=CC(c2ccc(-c3ccc(N(c4ccccc4)c4ccc(-c5cccc6c5oc5ccccc56)cc4)cc3)cc2)=CCC1. The Morgan fingerprint density at radius 2 is 1.05 bits per heavy atom. The van der Waals surface area contributed by atoms with Crippen LogP contribution < -0.4 is 4.90 Å². The van der Waals surface area contributed by atoms with Crippen molar-refractivity contribution < 1.29 is 4.42 Å². The lowest BCUT2D eigenvalue weighted by Crippen LogP contribution is -2.09. The van der Waals surface area contributed by atoms with Crippen molar-refractivity contribution in [1.82, 2.24) is 0 Å². The van der Waals surface area contributed by atoms with Crippen LogP contribution in [0.5, 0.6) is 0 Å². The standard InChI is InChI=1S/C42H31NO/c1-3-10-30(11-4-1)31-18-20-32(21-19-31)33-22-26-36(27-23-33)43(35-12-5-2-6-13-35)37-28-24-34(25-29-37)38-15-9-16-40-39-14-7-8-17-41(39)44-42(38)40/h2-3,5-29H,1,4H2. The highest BCUT2D eigenvalue weighted by atomic mass is 16.3. The van der Waals surface area contributed by atoms with E-state index in [0.717, 1.165) is 63.0 Å². The predicted molar refractivity (Wildman–Crippen MR) is 186 cm³/mol. The topological polar surface area (TPSA) is 16.4 Å². The van der Waals surface area contributed by atoms with Crippen LogP contribution in [-0.2, 0) is 0 Å². The number of benzene rings is 6. The van der Waals surface area contributed by atoms with Gasteiger partial charge in [0.05, 0.1) is 0 Å². The summed E-state index contributed by atoms with van der Waals surface area (Å²) in [7, 11) is 0. The third-order valence-electron chi connectivity index (χ3n) is 8.53. The van der Waals surface area contributed by atoms with Crippen molar-refractivity contribution in [3.05, 3.63) is 169 Å². The van der Waals surface area contributed by atoms with Crippen LogP contribution in [0.3, 0.4) is 0 Å². The summed E-state index contributed by atoms with van der Waals surface area (Å²) in [5, 5.41) is 2.29. The van der Waals surface area contributed by atoms with Gasteiger partial charge in [-0.05, 0) is 83.1 Å². The maximum Gasteiger partial charge on any atom is 0.143 e. The van der Waals surface area contributed by atoms with E-state index in [2.05, 4.69) is 157 Å². The first-order chi connectivity index (χ1) is 21.8. The average Bonchev–Trinajstić information content (AvgIpc) is 3.49. The first kappa shape index (κ1) is 26.1. The minimum atomic E-state index is 0.917. The maximum absolute atomic E-state index is 6.32. The molecule has 0 unspecified atom stereocenters. The second kappa shape index (κ2) is 11.2. The van der Waals surface area contributed by atoms with Crippen LogP contribution in [0.2, 0.25) is 0 Å². The number of para-hydroxylation sites is 3. The molecule has 2 heteroatoms.